The average molecular weight is 451 g/mol. The highest BCUT2D eigenvalue weighted by atomic mass is 32.1. The number of rotatable bonds is 3. The number of alkyl halides is 3. The highest BCUT2D eigenvalue weighted by molar-refractivity contribution is 7.09. The quantitative estimate of drug-likeness (QED) is 0.754. The molecule has 1 aromatic rings. The second-order valence-corrected chi connectivity index (χ2v) is 8.32. The van der Waals surface area contributed by atoms with Crippen molar-refractivity contribution in [1.82, 2.24) is 14.9 Å². The van der Waals surface area contributed by atoms with Crippen molar-refractivity contribution in [2.75, 3.05) is 26.3 Å². The Morgan fingerprint density at radius 2 is 2.07 bits per heavy atom. The number of likely N-dealkylation sites (tertiary alicyclic amines) is 1. The summed E-state index contributed by atoms with van der Waals surface area (Å²) in [6.45, 7) is 3.76. The molecule has 0 spiro atoms. The van der Waals surface area contributed by atoms with Gasteiger partial charge in [-0.05, 0) is 25.7 Å². The first-order chi connectivity index (χ1) is 14.3. The summed E-state index contributed by atoms with van der Waals surface area (Å²) >= 11 is 1.67. The van der Waals surface area contributed by atoms with Crippen LogP contribution in [-0.2, 0) is 25.7 Å². The fraction of sp³-hybridized carbons (Fsp3) is 0.722. The lowest BCUT2D eigenvalue weighted by atomic mass is 9.89. The predicted molar refractivity (Wildman–Crippen MR) is 99.4 cm³/mol. The summed E-state index contributed by atoms with van der Waals surface area (Å²) in [5.41, 5.74) is 0. The molecule has 1 N–H and O–H groups in total. The molecule has 0 radical (unpaired) electrons. The molecule has 1 amide bonds. The molecule has 3 fully saturated rings. The molecule has 0 saturated carbocycles. The zero-order valence-electron chi connectivity index (χ0n) is 16.2. The van der Waals surface area contributed by atoms with Crippen molar-refractivity contribution in [2.45, 2.75) is 50.6 Å². The van der Waals surface area contributed by atoms with Crippen LogP contribution in [0.15, 0.2) is 11.6 Å². The minimum absolute atomic E-state index is 0.0348. The Morgan fingerprint density at radius 1 is 1.30 bits per heavy atom. The molecule has 0 aliphatic carbocycles. The lowest BCUT2D eigenvalue weighted by Crippen LogP contribution is -2.53. The monoisotopic (exact) mass is 451 g/mol. The third-order valence-corrected chi connectivity index (χ3v) is 6.04. The zero-order valence-corrected chi connectivity index (χ0v) is 17.0. The molecule has 0 aromatic carbocycles. The molecule has 3 saturated heterocycles. The molecular weight excluding hydrogens is 427 g/mol. The molecule has 12 heteroatoms. The number of hydroxylamine groups is 2. The number of carbonyl (C=O) groups excluding carboxylic acids is 1. The van der Waals surface area contributed by atoms with Gasteiger partial charge in [0.2, 0.25) is 0 Å². The number of fused-ring (bicyclic) bond motifs is 1. The first kappa shape index (κ1) is 22.9. The highest BCUT2D eigenvalue weighted by Crippen LogP contribution is 2.33. The average Bonchev–Trinajstić information content (AvgIpc) is 3.39. The Hall–Kier alpha value is -1.76. The van der Waals surface area contributed by atoms with Crippen molar-refractivity contribution in [2.24, 2.45) is 5.92 Å². The standard InChI is InChI=1S/C16H23N3O3S.C2HF3O2/c20-16(19-5-1-2-6-22-19)12-9-14-13(3-7-21-14)18(10-12)11-15-17-4-8-23-15;3-2(4,5)1(6)7/h4,8,12-14H,1-3,5-7,9-11H2;(H,6,7)/t12-,13+,14+;/m0./s1. The van der Waals surface area contributed by atoms with Crippen molar-refractivity contribution in [1.29, 1.82) is 0 Å². The van der Waals surface area contributed by atoms with Crippen LogP contribution in [0.3, 0.4) is 0 Å². The number of halogens is 3. The minimum atomic E-state index is -5.08. The second-order valence-electron chi connectivity index (χ2n) is 7.34. The maximum atomic E-state index is 12.8. The maximum absolute atomic E-state index is 12.8. The number of nitrogens with zero attached hydrogens (tertiary/aromatic N) is 3. The van der Waals surface area contributed by atoms with Gasteiger partial charge < -0.3 is 9.84 Å². The van der Waals surface area contributed by atoms with Gasteiger partial charge in [0.1, 0.15) is 5.01 Å². The molecule has 168 valence electrons. The summed E-state index contributed by atoms with van der Waals surface area (Å²) in [4.78, 5) is 34.0. The Morgan fingerprint density at radius 3 is 2.67 bits per heavy atom. The SMILES string of the molecule is O=C(O)C(F)(F)F.O=C([C@H]1C[C@H]2OCC[C@H]2N(Cc2nccs2)C1)N1CCCCO1. The molecule has 4 rings (SSSR count). The van der Waals surface area contributed by atoms with E-state index in [1.807, 2.05) is 11.6 Å². The lowest BCUT2D eigenvalue weighted by Gasteiger charge is -2.41. The summed E-state index contributed by atoms with van der Waals surface area (Å²) in [5, 5.41) is 11.8. The van der Waals surface area contributed by atoms with Crippen LogP contribution in [0.25, 0.3) is 0 Å². The van der Waals surface area contributed by atoms with Gasteiger partial charge in [-0.25, -0.2) is 14.8 Å². The van der Waals surface area contributed by atoms with E-state index in [9.17, 15) is 18.0 Å². The van der Waals surface area contributed by atoms with E-state index in [2.05, 4.69) is 9.88 Å². The van der Waals surface area contributed by atoms with Gasteiger partial charge in [0.05, 0.1) is 25.2 Å². The Bertz CT molecular complexity index is 712. The Balaban J connectivity index is 0.000000318. The van der Waals surface area contributed by atoms with E-state index in [0.717, 1.165) is 56.9 Å². The maximum Gasteiger partial charge on any atom is 0.490 e. The van der Waals surface area contributed by atoms with Gasteiger partial charge in [0.25, 0.3) is 5.91 Å². The van der Waals surface area contributed by atoms with Crippen molar-refractivity contribution in [3.05, 3.63) is 16.6 Å². The molecule has 3 aliphatic rings. The van der Waals surface area contributed by atoms with Crippen molar-refractivity contribution < 1.29 is 37.4 Å². The molecule has 8 nitrogen and oxygen atoms in total. The number of carbonyl (C=O) groups is 2. The van der Waals surface area contributed by atoms with Crippen LogP contribution >= 0.6 is 11.3 Å². The molecule has 0 unspecified atom stereocenters. The third-order valence-electron chi connectivity index (χ3n) is 5.28. The van der Waals surface area contributed by atoms with Gasteiger partial charge in [-0.2, -0.15) is 13.2 Å². The number of carboxylic acids is 1. The molecule has 3 atom stereocenters. The summed E-state index contributed by atoms with van der Waals surface area (Å²) in [6.07, 6.45) is 0.871. The van der Waals surface area contributed by atoms with Crippen LogP contribution in [0, 0.1) is 5.92 Å². The molecule has 30 heavy (non-hydrogen) atoms. The molecule has 1 aromatic heterocycles. The van der Waals surface area contributed by atoms with E-state index < -0.39 is 12.1 Å². The topological polar surface area (TPSA) is 92.2 Å². The van der Waals surface area contributed by atoms with Crippen LogP contribution in [-0.4, -0.2) is 76.6 Å². The van der Waals surface area contributed by atoms with E-state index in [1.165, 1.54) is 0 Å². The van der Waals surface area contributed by atoms with Crippen LogP contribution in [0.1, 0.15) is 30.7 Å². The van der Waals surface area contributed by atoms with Crippen molar-refractivity contribution in [3.63, 3.8) is 0 Å². The lowest BCUT2D eigenvalue weighted by molar-refractivity contribution is -0.204. The van der Waals surface area contributed by atoms with Crippen LogP contribution in [0.2, 0.25) is 0 Å². The fourth-order valence-corrected chi connectivity index (χ4v) is 4.53. The van der Waals surface area contributed by atoms with E-state index in [0.29, 0.717) is 12.6 Å². The van der Waals surface area contributed by atoms with E-state index in [-0.39, 0.29) is 17.9 Å². The zero-order chi connectivity index (χ0) is 21.7. The summed E-state index contributed by atoms with van der Waals surface area (Å²) in [6, 6.07) is 0.422. The molecule has 4 heterocycles. The highest BCUT2D eigenvalue weighted by Gasteiger charge is 2.43. The number of carboxylic acid groups (broad SMARTS) is 1. The smallest absolute Gasteiger partial charge is 0.475 e. The first-order valence-electron chi connectivity index (χ1n) is 9.74. The first-order valence-corrected chi connectivity index (χ1v) is 10.6. The summed E-state index contributed by atoms with van der Waals surface area (Å²) in [7, 11) is 0. The number of amides is 1. The van der Waals surface area contributed by atoms with Crippen molar-refractivity contribution >= 4 is 23.2 Å². The normalized spacial score (nSPS) is 27.2. The number of ether oxygens (including phenoxy) is 1. The minimum Gasteiger partial charge on any atom is -0.475 e. The second kappa shape index (κ2) is 10.0. The number of hydrogen-bond acceptors (Lipinski definition) is 7. The predicted octanol–water partition coefficient (Wildman–Crippen LogP) is 2.31. The molecule has 3 aliphatic heterocycles. The van der Waals surface area contributed by atoms with Gasteiger partial charge >= 0.3 is 12.1 Å². The fourth-order valence-electron chi connectivity index (χ4n) is 3.89. The van der Waals surface area contributed by atoms with Gasteiger partial charge in [-0.1, -0.05) is 0 Å². The Labute approximate surface area is 175 Å². The van der Waals surface area contributed by atoms with Crippen molar-refractivity contribution in [3.8, 4) is 0 Å². The number of aromatic nitrogens is 1. The molecular formula is C18H24F3N3O5S. The van der Waals surface area contributed by atoms with E-state index in [4.69, 9.17) is 19.5 Å². The third kappa shape index (κ3) is 5.90. The van der Waals surface area contributed by atoms with Gasteiger partial charge in [0.15, 0.2) is 0 Å². The van der Waals surface area contributed by atoms with E-state index >= 15 is 0 Å². The largest absolute Gasteiger partial charge is 0.490 e. The molecule has 0 bridgehead atoms. The van der Waals surface area contributed by atoms with Gasteiger partial charge in [-0.3, -0.25) is 14.5 Å². The number of thiazole rings is 1. The Kier molecular flexibility index (Phi) is 7.66. The number of hydrogen-bond donors (Lipinski definition) is 1. The summed E-state index contributed by atoms with van der Waals surface area (Å²) < 4.78 is 37.6. The van der Waals surface area contributed by atoms with Gasteiger partial charge in [-0.15, -0.1) is 11.3 Å². The van der Waals surface area contributed by atoms with E-state index in [1.54, 1.807) is 16.4 Å². The summed E-state index contributed by atoms with van der Waals surface area (Å²) in [5.74, 6) is -2.66. The number of piperidine rings is 1. The van der Waals surface area contributed by atoms with Gasteiger partial charge in [0, 0.05) is 37.3 Å². The van der Waals surface area contributed by atoms with Crippen LogP contribution in [0.4, 0.5) is 13.2 Å². The van der Waals surface area contributed by atoms with Crippen LogP contribution in [0.5, 0.6) is 0 Å². The number of aliphatic carboxylic acids is 1. The van der Waals surface area contributed by atoms with Crippen LogP contribution < -0.4 is 0 Å².